The van der Waals surface area contributed by atoms with Crippen LogP contribution in [0, 0.1) is 0 Å². The number of ether oxygens (including phenoxy) is 2. The van der Waals surface area contributed by atoms with E-state index in [1.54, 1.807) is 0 Å². The average Bonchev–Trinajstić information content (AvgIpc) is 3.21. The first kappa shape index (κ1) is 15.4. The summed E-state index contributed by atoms with van der Waals surface area (Å²) in [7, 11) is 0. The highest BCUT2D eigenvalue weighted by molar-refractivity contribution is 5.86. The van der Waals surface area contributed by atoms with Crippen molar-refractivity contribution in [1.29, 1.82) is 0 Å². The summed E-state index contributed by atoms with van der Waals surface area (Å²) >= 11 is 0. The van der Waals surface area contributed by atoms with E-state index in [1.165, 1.54) is 0 Å². The maximum atomic E-state index is 5.57. The van der Waals surface area contributed by atoms with E-state index < -0.39 is 0 Å². The van der Waals surface area contributed by atoms with Gasteiger partial charge in [-0.3, -0.25) is 9.98 Å². The predicted octanol–water partition coefficient (Wildman–Crippen LogP) is 2.88. The van der Waals surface area contributed by atoms with E-state index in [4.69, 9.17) is 9.47 Å². The maximum absolute atomic E-state index is 5.57. The third-order valence-electron chi connectivity index (χ3n) is 4.06. The second kappa shape index (κ2) is 8.20. The number of aliphatic imine (C=N–C) groups is 2. The number of rotatable bonds is 6. The summed E-state index contributed by atoms with van der Waals surface area (Å²) in [6.45, 7) is 3.29. The smallest absolute Gasteiger partial charge is 0.0771 e. The molecule has 1 aromatic carbocycles. The topological polar surface area (TPSA) is 43.2 Å². The quantitative estimate of drug-likeness (QED) is 0.758. The molecule has 2 saturated heterocycles. The molecule has 2 unspecified atom stereocenters. The van der Waals surface area contributed by atoms with E-state index in [-0.39, 0.29) is 0 Å². The molecule has 3 rings (SSSR count). The van der Waals surface area contributed by atoms with Crippen LogP contribution in [0.2, 0.25) is 0 Å². The fourth-order valence-corrected chi connectivity index (χ4v) is 2.85. The van der Waals surface area contributed by atoms with E-state index in [0.29, 0.717) is 12.2 Å². The lowest BCUT2D eigenvalue weighted by molar-refractivity contribution is 0.118. The lowest BCUT2D eigenvalue weighted by Gasteiger charge is -2.04. The van der Waals surface area contributed by atoms with Gasteiger partial charge in [-0.15, -0.1) is 0 Å². The molecule has 0 N–H and O–H groups in total. The molecule has 0 radical (unpaired) electrons. The summed E-state index contributed by atoms with van der Waals surface area (Å²) in [5.41, 5.74) is 2.22. The Morgan fingerprint density at radius 3 is 1.91 bits per heavy atom. The van der Waals surface area contributed by atoms with Crippen LogP contribution in [0.5, 0.6) is 0 Å². The molecule has 1 aromatic rings. The number of hydrogen-bond donors (Lipinski definition) is 0. The largest absolute Gasteiger partial charge is 0.376 e. The minimum Gasteiger partial charge on any atom is -0.376 e. The van der Waals surface area contributed by atoms with Gasteiger partial charge in [-0.1, -0.05) is 18.2 Å². The molecular weight excluding hydrogens is 276 g/mol. The lowest BCUT2D eigenvalue weighted by atomic mass is 10.1. The Bertz CT molecular complexity index is 472. The van der Waals surface area contributed by atoms with Crippen molar-refractivity contribution < 1.29 is 9.47 Å². The molecule has 2 aliphatic heterocycles. The van der Waals surface area contributed by atoms with Crippen LogP contribution >= 0.6 is 0 Å². The minimum absolute atomic E-state index is 0.312. The van der Waals surface area contributed by atoms with Crippen molar-refractivity contribution in [1.82, 2.24) is 0 Å². The van der Waals surface area contributed by atoms with E-state index in [0.717, 1.165) is 63.1 Å². The van der Waals surface area contributed by atoms with Gasteiger partial charge < -0.3 is 9.47 Å². The molecule has 2 aliphatic rings. The Labute approximate surface area is 132 Å². The van der Waals surface area contributed by atoms with E-state index in [9.17, 15) is 0 Å². The Morgan fingerprint density at radius 1 is 0.909 bits per heavy atom. The zero-order chi connectivity index (χ0) is 15.0. The SMILES string of the molecule is C(=NCC1CCCO1)c1cccc(C=NCC2CCCO2)c1. The fourth-order valence-electron chi connectivity index (χ4n) is 2.85. The van der Waals surface area contributed by atoms with Gasteiger partial charge in [0, 0.05) is 25.6 Å². The van der Waals surface area contributed by atoms with Crippen LogP contribution in [0.3, 0.4) is 0 Å². The Hall–Kier alpha value is -1.52. The van der Waals surface area contributed by atoms with E-state index in [1.807, 2.05) is 18.5 Å². The molecule has 22 heavy (non-hydrogen) atoms. The normalized spacial score (nSPS) is 25.6. The summed E-state index contributed by atoms with van der Waals surface area (Å²) < 4.78 is 11.1. The molecule has 2 fully saturated rings. The molecule has 0 spiro atoms. The maximum Gasteiger partial charge on any atom is 0.0771 e. The number of hydrogen-bond acceptors (Lipinski definition) is 4. The first-order valence-corrected chi connectivity index (χ1v) is 8.23. The molecule has 4 heteroatoms. The summed E-state index contributed by atoms with van der Waals surface area (Å²) in [5, 5.41) is 0. The van der Waals surface area contributed by atoms with Crippen LogP contribution in [0.15, 0.2) is 34.3 Å². The second-order valence-corrected chi connectivity index (χ2v) is 5.93. The van der Waals surface area contributed by atoms with E-state index in [2.05, 4.69) is 28.2 Å². The van der Waals surface area contributed by atoms with Crippen LogP contribution in [-0.4, -0.2) is 50.9 Å². The molecule has 0 bridgehead atoms. The molecular formula is C18H24N2O2. The van der Waals surface area contributed by atoms with Crippen LogP contribution in [0.25, 0.3) is 0 Å². The number of nitrogens with zero attached hydrogens (tertiary/aromatic N) is 2. The average molecular weight is 300 g/mol. The van der Waals surface area contributed by atoms with Gasteiger partial charge in [0.05, 0.1) is 25.3 Å². The van der Waals surface area contributed by atoms with Gasteiger partial charge in [-0.2, -0.15) is 0 Å². The first-order valence-electron chi connectivity index (χ1n) is 8.23. The first-order chi connectivity index (χ1) is 10.9. The molecule has 2 atom stereocenters. The minimum atomic E-state index is 0.312. The van der Waals surface area contributed by atoms with Gasteiger partial charge in [-0.25, -0.2) is 0 Å². The molecule has 4 nitrogen and oxygen atoms in total. The van der Waals surface area contributed by atoms with Crippen molar-refractivity contribution in [3.8, 4) is 0 Å². The fraction of sp³-hybridized carbons (Fsp3) is 0.556. The van der Waals surface area contributed by atoms with Gasteiger partial charge in [0.1, 0.15) is 0 Å². The standard InChI is InChI=1S/C18H24N2O2/c1-4-15(11-19-13-17-6-2-8-21-17)10-16(5-1)12-20-14-18-7-3-9-22-18/h1,4-5,10-12,17-18H,2-3,6-9,13-14H2. The summed E-state index contributed by atoms with van der Waals surface area (Å²) in [6, 6.07) is 8.28. The summed E-state index contributed by atoms with van der Waals surface area (Å²) in [6.07, 6.45) is 9.08. The zero-order valence-corrected chi connectivity index (χ0v) is 13.0. The molecule has 0 saturated carbocycles. The molecule has 118 valence electrons. The third-order valence-corrected chi connectivity index (χ3v) is 4.06. The summed E-state index contributed by atoms with van der Waals surface area (Å²) in [5.74, 6) is 0. The van der Waals surface area contributed by atoms with Crippen molar-refractivity contribution in [2.75, 3.05) is 26.3 Å². The van der Waals surface area contributed by atoms with Crippen molar-refractivity contribution in [2.45, 2.75) is 37.9 Å². The van der Waals surface area contributed by atoms with Crippen LogP contribution in [-0.2, 0) is 9.47 Å². The van der Waals surface area contributed by atoms with Gasteiger partial charge in [-0.05, 0) is 42.9 Å². The number of benzene rings is 1. The molecule has 0 amide bonds. The van der Waals surface area contributed by atoms with Gasteiger partial charge in [0.2, 0.25) is 0 Å². The lowest BCUT2D eigenvalue weighted by Crippen LogP contribution is -2.09. The highest BCUT2D eigenvalue weighted by Gasteiger charge is 2.14. The van der Waals surface area contributed by atoms with Gasteiger partial charge in [0.25, 0.3) is 0 Å². The van der Waals surface area contributed by atoms with E-state index >= 15 is 0 Å². The van der Waals surface area contributed by atoms with Crippen LogP contribution in [0.4, 0.5) is 0 Å². The predicted molar refractivity (Wildman–Crippen MR) is 89.3 cm³/mol. The molecule has 0 aromatic heterocycles. The summed E-state index contributed by atoms with van der Waals surface area (Å²) in [4.78, 5) is 8.99. The van der Waals surface area contributed by atoms with Gasteiger partial charge >= 0.3 is 0 Å². The van der Waals surface area contributed by atoms with Crippen LogP contribution < -0.4 is 0 Å². The van der Waals surface area contributed by atoms with Crippen molar-refractivity contribution in [3.63, 3.8) is 0 Å². The van der Waals surface area contributed by atoms with Crippen molar-refractivity contribution in [2.24, 2.45) is 9.98 Å². The third kappa shape index (κ3) is 4.75. The van der Waals surface area contributed by atoms with Crippen molar-refractivity contribution >= 4 is 12.4 Å². The Morgan fingerprint density at radius 2 is 1.45 bits per heavy atom. The zero-order valence-electron chi connectivity index (χ0n) is 13.0. The second-order valence-electron chi connectivity index (χ2n) is 5.93. The van der Waals surface area contributed by atoms with Crippen molar-refractivity contribution in [3.05, 3.63) is 35.4 Å². The monoisotopic (exact) mass is 300 g/mol. The Balaban J connectivity index is 1.50. The highest BCUT2D eigenvalue weighted by atomic mass is 16.5. The Kier molecular flexibility index (Phi) is 5.73. The molecule has 2 heterocycles. The van der Waals surface area contributed by atoms with Gasteiger partial charge in [0.15, 0.2) is 0 Å². The molecule has 0 aliphatic carbocycles. The highest BCUT2D eigenvalue weighted by Crippen LogP contribution is 2.13. The van der Waals surface area contributed by atoms with Crippen LogP contribution in [0.1, 0.15) is 36.8 Å².